The second-order valence-corrected chi connectivity index (χ2v) is 4.93. The lowest BCUT2D eigenvalue weighted by Gasteiger charge is -2.26. The SMILES string of the molecule is CN=C(NCCCCCOC)NCCN1CCOCC1.I. The number of nitrogens with zero attached hydrogens (tertiary/aromatic N) is 2. The van der Waals surface area contributed by atoms with Gasteiger partial charge in [-0.2, -0.15) is 0 Å². The maximum absolute atomic E-state index is 5.33. The Bertz CT molecular complexity index is 261. The lowest BCUT2D eigenvalue weighted by Crippen LogP contribution is -2.44. The van der Waals surface area contributed by atoms with Crippen molar-refractivity contribution in [3.63, 3.8) is 0 Å². The highest BCUT2D eigenvalue weighted by molar-refractivity contribution is 14.0. The predicted octanol–water partition coefficient (Wildman–Crippen LogP) is 0.918. The largest absolute Gasteiger partial charge is 0.385 e. The molecule has 6 nitrogen and oxygen atoms in total. The van der Waals surface area contributed by atoms with Crippen molar-refractivity contribution in [2.75, 3.05) is 66.7 Å². The van der Waals surface area contributed by atoms with E-state index in [-0.39, 0.29) is 24.0 Å². The van der Waals surface area contributed by atoms with E-state index in [0.717, 1.165) is 71.3 Å². The molecule has 0 unspecified atom stereocenters. The maximum atomic E-state index is 5.33. The topological polar surface area (TPSA) is 58.1 Å². The third-order valence-corrected chi connectivity index (χ3v) is 3.37. The van der Waals surface area contributed by atoms with Gasteiger partial charge in [0.25, 0.3) is 0 Å². The van der Waals surface area contributed by atoms with Gasteiger partial charge in [-0.25, -0.2) is 0 Å². The van der Waals surface area contributed by atoms with E-state index in [1.54, 1.807) is 7.11 Å². The van der Waals surface area contributed by atoms with Crippen LogP contribution in [0, 0.1) is 0 Å². The van der Waals surface area contributed by atoms with Gasteiger partial charge in [-0.1, -0.05) is 0 Å². The highest BCUT2D eigenvalue weighted by Crippen LogP contribution is 1.95. The van der Waals surface area contributed by atoms with Gasteiger partial charge >= 0.3 is 0 Å². The van der Waals surface area contributed by atoms with Crippen LogP contribution in [0.3, 0.4) is 0 Å². The first-order valence-electron chi connectivity index (χ1n) is 7.60. The zero-order valence-corrected chi connectivity index (χ0v) is 15.7. The molecule has 21 heavy (non-hydrogen) atoms. The number of aliphatic imine (C=N–C) groups is 1. The minimum Gasteiger partial charge on any atom is -0.385 e. The number of rotatable bonds is 9. The van der Waals surface area contributed by atoms with Crippen LogP contribution in [0.4, 0.5) is 0 Å². The fraction of sp³-hybridized carbons (Fsp3) is 0.929. The second kappa shape index (κ2) is 14.8. The van der Waals surface area contributed by atoms with Crippen LogP contribution >= 0.6 is 24.0 Å². The average molecular weight is 414 g/mol. The summed E-state index contributed by atoms with van der Waals surface area (Å²) >= 11 is 0. The van der Waals surface area contributed by atoms with Crippen LogP contribution < -0.4 is 10.6 Å². The number of hydrogen-bond acceptors (Lipinski definition) is 4. The number of nitrogens with one attached hydrogen (secondary N) is 2. The van der Waals surface area contributed by atoms with E-state index in [1.807, 2.05) is 7.05 Å². The van der Waals surface area contributed by atoms with E-state index in [2.05, 4.69) is 20.5 Å². The standard InChI is InChI=1S/C14H30N4O2.HI/c1-15-14(16-6-4-3-5-11-19-2)17-7-8-18-9-12-20-13-10-18;/h3-13H2,1-2H3,(H2,15,16,17);1H. The molecular formula is C14H31IN4O2. The first-order chi connectivity index (χ1) is 9.86. The van der Waals surface area contributed by atoms with Gasteiger partial charge in [-0.05, 0) is 19.3 Å². The summed E-state index contributed by atoms with van der Waals surface area (Å²) < 4.78 is 10.4. The van der Waals surface area contributed by atoms with Gasteiger partial charge in [0.05, 0.1) is 13.2 Å². The molecule has 0 atom stereocenters. The zero-order chi connectivity index (χ0) is 14.5. The van der Waals surface area contributed by atoms with Crippen molar-refractivity contribution in [3.05, 3.63) is 0 Å². The van der Waals surface area contributed by atoms with Gasteiger partial charge in [0.1, 0.15) is 0 Å². The first-order valence-corrected chi connectivity index (χ1v) is 7.60. The van der Waals surface area contributed by atoms with Gasteiger partial charge in [0.15, 0.2) is 5.96 Å². The van der Waals surface area contributed by atoms with Crippen molar-refractivity contribution in [2.24, 2.45) is 4.99 Å². The second-order valence-electron chi connectivity index (χ2n) is 4.93. The average Bonchev–Trinajstić information content (AvgIpc) is 2.50. The van der Waals surface area contributed by atoms with Gasteiger partial charge < -0.3 is 20.1 Å². The van der Waals surface area contributed by atoms with Crippen molar-refractivity contribution in [3.8, 4) is 0 Å². The van der Waals surface area contributed by atoms with E-state index >= 15 is 0 Å². The van der Waals surface area contributed by atoms with Gasteiger partial charge in [0, 0.05) is 53.5 Å². The lowest BCUT2D eigenvalue weighted by molar-refractivity contribution is 0.0389. The molecule has 1 heterocycles. The third-order valence-electron chi connectivity index (χ3n) is 3.37. The number of halogens is 1. The zero-order valence-electron chi connectivity index (χ0n) is 13.4. The molecule has 1 rings (SSSR count). The molecule has 0 aromatic rings. The highest BCUT2D eigenvalue weighted by Gasteiger charge is 2.09. The molecule has 1 aliphatic heterocycles. The Morgan fingerprint density at radius 1 is 1.14 bits per heavy atom. The van der Waals surface area contributed by atoms with Crippen LogP contribution in [-0.2, 0) is 9.47 Å². The molecule has 1 saturated heterocycles. The van der Waals surface area contributed by atoms with Crippen LogP contribution in [-0.4, -0.2) is 77.6 Å². The van der Waals surface area contributed by atoms with Crippen molar-refractivity contribution in [1.82, 2.24) is 15.5 Å². The Morgan fingerprint density at radius 2 is 1.86 bits per heavy atom. The molecule has 7 heteroatoms. The molecule has 1 aliphatic rings. The molecule has 1 fully saturated rings. The number of methoxy groups -OCH3 is 1. The Balaban J connectivity index is 0.00000400. The van der Waals surface area contributed by atoms with Gasteiger partial charge in [-0.3, -0.25) is 9.89 Å². The molecule has 0 aromatic carbocycles. The lowest BCUT2D eigenvalue weighted by atomic mass is 10.2. The summed E-state index contributed by atoms with van der Waals surface area (Å²) in [4.78, 5) is 6.64. The molecule has 0 radical (unpaired) electrons. The van der Waals surface area contributed by atoms with E-state index in [0.29, 0.717) is 0 Å². The maximum Gasteiger partial charge on any atom is 0.191 e. The fourth-order valence-corrected chi connectivity index (χ4v) is 2.13. The molecule has 0 aromatic heterocycles. The summed E-state index contributed by atoms with van der Waals surface area (Å²) in [7, 11) is 3.56. The van der Waals surface area contributed by atoms with E-state index in [1.165, 1.54) is 6.42 Å². The molecule has 2 N–H and O–H groups in total. The van der Waals surface area contributed by atoms with Crippen LogP contribution in [0.5, 0.6) is 0 Å². The molecule has 126 valence electrons. The summed E-state index contributed by atoms with van der Waals surface area (Å²) in [6.07, 6.45) is 3.46. The third kappa shape index (κ3) is 11.1. The van der Waals surface area contributed by atoms with Crippen molar-refractivity contribution >= 4 is 29.9 Å². The molecule has 0 bridgehead atoms. The first kappa shape index (κ1) is 20.9. The molecule has 0 spiro atoms. The van der Waals surface area contributed by atoms with Crippen LogP contribution in [0.15, 0.2) is 4.99 Å². The van der Waals surface area contributed by atoms with Crippen molar-refractivity contribution < 1.29 is 9.47 Å². The summed E-state index contributed by atoms with van der Waals surface area (Å²) in [5.74, 6) is 0.894. The number of ether oxygens (including phenoxy) is 2. The Labute approximate surface area is 146 Å². The minimum absolute atomic E-state index is 0. The summed E-state index contributed by atoms with van der Waals surface area (Å²) in [5, 5.41) is 6.69. The predicted molar refractivity (Wildman–Crippen MR) is 97.8 cm³/mol. The normalized spacial score (nSPS) is 16.4. The van der Waals surface area contributed by atoms with Crippen LogP contribution in [0.1, 0.15) is 19.3 Å². The smallest absolute Gasteiger partial charge is 0.191 e. The number of hydrogen-bond donors (Lipinski definition) is 2. The van der Waals surface area contributed by atoms with Crippen molar-refractivity contribution in [1.29, 1.82) is 0 Å². The van der Waals surface area contributed by atoms with E-state index in [4.69, 9.17) is 9.47 Å². The molecule has 0 amide bonds. The molecule has 0 aliphatic carbocycles. The van der Waals surface area contributed by atoms with E-state index < -0.39 is 0 Å². The number of unbranched alkanes of at least 4 members (excludes halogenated alkanes) is 2. The summed E-state index contributed by atoms with van der Waals surface area (Å²) in [6, 6.07) is 0. The van der Waals surface area contributed by atoms with Crippen LogP contribution in [0.2, 0.25) is 0 Å². The minimum atomic E-state index is 0. The quantitative estimate of drug-likeness (QED) is 0.254. The monoisotopic (exact) mass is 414 g/mol. The Morgan fingerprint density at radius 3 is 2.52 bits per heavy atom. The molecule has 0 saturated carbocycles. The van der Waals surface area contributed by atoms with Gasteiger partial charge in [0.2, 0.25) is 0 Å². The summed E-state index contributed by atoms with van der Waals surface area (Å²) in [5.41, 5.74) is 0. The van der Waals surface area contributed by atoms with Crippen LogP contribution in [0.25, 0.3) is 0 Å². The van der Waals surface area contributed by atoms with Crippen molar-refractivity contribution in [2.45, 2.75) is 19.3 Å². The fourth-order valence-electron chi connectivity index (χ4n) is 2.13. The summed E-state index contributed by atoms with van der Waals surface area (Å²) in [6.45, 7) is 7.55. The van der Waals surface area contributed by atoms with E-state index in [9.17, 15) is 0 Å². The Kier molecular flexibility index (Phi) is 14.7. The Hall–Kier alpha value is -0.120. The highest BCUT2D eigenvalue weighted by atomic mass is 127. The number of guanidine groups is 1. The number of morpholine rings is 1. The van der Waals surface area contributed by atoms with Gasteiger partial charge in [-0.15, -0.1) is 24.0 Å². The molecular weight excluding hydrogens is 383 g/mol.